The van der Waals surface area contributed by atoms with Gasteiger partial charge in [-0.05, 0) is 49.2 Å². The van der Waals surface area contributed by atoms with Crippen molar-refractivity contribution < 1.29 is 13.2 Å². The highest BCUT2D eigenvalue weighted by Crippen LogP contribution is 2.15. The van der Waals surface area contributed by atoms with Crippen LogP contribution < -0.4 is 9.46 Å². The van der Waals surface area contributed by atoms with Crippen LogP contribution in [-0.2, 0) is 10.0 Å². The summed E-state index contributed by atoms with van der Waals surface area (Å²) in [6, 6.07) is 16.1. The molecule has 0 unspecified atom stereocenters. The van der Waals surface area contributed by atoms with Crippen LogP contribution in [0.5, 0.6) is 5.75 Å². The first-order valence-corrected chi connectivity index (χ1v) is 9.89. The van der Waals surface area contributed by atoms with Gasteiger partial charge in [-0.15, -0.1) is 0 Å². The number of benzene rings is 2. The predicted molar refractivity (Wildman–Crippen MR) is 99.9 cm³/mol. The lowest BCUT2D eigenvalue weighted by molar-refractivity contribution is 0.307. The molecule has 0 atom stereocenters. The highest BCUT2D eigenvalue weighted by molar-refractivity contribution is 7.89. The van der Waals surface area contributed by atoms with E-state index < -0.39 is 10.0 Å². The Morgan fingerprint density at radius 2 is 1.77 bits per heavy atom. The molecule has 1 heterocycles. The van der Waals surface area contributed by atoms with Crippen molar-refractivity contribution in [2.45, 2.75) is 17.7 Å². The summed E-state index contributed by atoms with van der Waals surface area (Å²) in [6.07, 6.45) is 6.83. The van der Waals surface area contributed by atoms with Gasteiger partial charge in [-0.3, -0.25) is 0 Å². The van der Waals surface area contributed by atoms with E-state index in [0.29, 0.717) is 19.6 Å². The number of hydrogen-bond donors (Lipinski definition) is 1. The van der Waals surface area contributed by atoms with Crippen LogP contribution in [0.2, 0.25) is 0 Å². The van der Waals surface area contributed by atoms with Crippen LogP contribution in [0.15, 0.2) is 78.2 Å². The number of aromatic nitrogens is 2. The third kappa shape index (κ3) is 4.93. The second-order valence-corrected chi connectivity index (χ2v) is 7.50. The number of ether oxygens (including phenoxy) is 1. The van der Waals surface area contributed by atoms with E-state index >= 15 is 0 Å². The molecule has 1 aromatic heterocycles. The summed E-state index contributed by atoms with van der Waals surface area (Å²) in [5, 5.41) is 0. The Morgan fingerprint density at radius 3 is 2.46 bits per heavy atom. The minimum atomic E-state index is -3.42. The Hall–Kier alpha value is -2.64. The first-order valence-electron chi connectivity index (χ1n) is 8.41. The highest BCUT2D eigenvalue weighted by Gasteiger charge is 2.11. The molecule has 0 aliphatic carbocycles. The summed E-state index contributed by atoms with van der Waals surface area (Å²) >= 11 is 0. The first-order chi connectivity index (χ1) is 12.6. The lowest BCUT2D eigenvalue weighted by Gasteiger charge is -2.09. The van der Waals surface area contributed by atoms with Crippen molar-refractivity contribution in [2.75, 3.05) is 13.2 Å². The van der Waals surface area contributed by atoms with E-state index in [2.05, 4.69) is 9.71 Å². The molecule has 6 nitrogen and oxygen atoms in total. The Balaban J connectivity index is 1.37. The van der Waals surface area contributed by atoms with Gasteiger partial charge in [0.25, 0.3) is 0 Å². The number of rotatable bonds is 9. The average molecular weight is 371 g/mol. The van der Waals surface area contributed by atoms with Gasteiger partial charge in [0.05, 0.1) is 17.8 Å². The van der Waals surface area contributed by atoms with E-state index in [1.165, 1.54) is 0 Å². The molecule has 1 N–H and O–H groups in total. The molecule has 136 valence electrons. The van der Waals surface area contributed by atoms with Crippen LogP contribution in [0, 0.1) is 0 Å². The molecule has 0 radical (unpaired) electrons. The molecule has 0 fully saturated rings. The molecule has 2 aromatic carbocycles. The van der Waals surface area contributed by atoms with Crippen molar-refractivity contribution in [2.24, 2.45) is 0 Å². The summed E-state index contributed by atoms with van der Waals surface area (Å²) in [5.74, 6) is 0.790. The van der Waals surface area contributed by atoms with Gasteiger partial charge in [0, 0.05) is 24.6 Å². The van der Waals surface area contributed by atoms with Crippen molar-refractivity contribution in [1.29, 1.82) is 0 Å². The largest absolute Gasteiger partial charge is 0.494 e. The van der Waals surface area contributed by atoms with E-state index in [1.807, 2.05) is 35.0 Å². The van der Waals surface area contributed by atoms with Gasteiger partial charge in [0.1, 0.15) is 5.75 Å². The summed E-state index contributed by atoms with van der Waals surface area (Å²) < 4.78 is 34.4. The molecular formula is C19H21N3O3S. The first kappa shape index (κ1) is 18.2. The number of unbranched alkanes of at least 4 members (excludes halogenated alkanes) is 1. The second-order valence-electron chi connectivity index (χ2n) is 5.73. The monoisotopic (exact) mass is 371 g/mol. The van der Waals surface area contributed by atoms with Crippen molar-refractivity contribution in [3.05, 3.63) is 73.3 Å². The van der Waals surface area contributed by atoms with Gasteiger partial charge in [-0.2, -0.15) is 0 Å². The number of sulfonamides is 1. The summed E-state index contributed by atoms with van der Waals surface area (Å²) in [5.41, 5.74) is 1.02. The maximum absolute atomic E-state index is 12.1. The van der Waals surface area contributed by atoms with Crippen LogP contribution in [0.25, 0.3) is 5.69 Å². The molecule has 3 aromatic rings. The van der Waals surface area contributed by atoms with E-state index in [-0.39, 0.29) is 4.90 Å². The van der Waals surface area contributed by atoms with Gasteiger partial charge in [0.2, 0.25) is 10.0 Å². The molecule has 0 aliphatic rings. The highest BCUT2D eigenvalue weighted by atomic mass is 32.2. The smallest absolute Gasteiger partial charge is 0.240 e. The quantitative estimate of drug-likeness (QED) is 0.587. The van der Waals surface area contributed by atoms with Gasteiger partial charge >= 0.3 is 0 Å². The van der Waals surface area contributed by atoms with Gasteiger partial charge in [-0.25, -0.2) is 18.1 Å². The van der Waals surface area contributed by atoms with Gasteiger partial charge in [0.15, 0.2) is 0 Å². The molecule has 0 aliphatic heterocycles. The number of hydrogen-bond acceptors (Lipinski definition) is 4. The van der Waals surface area contributed by atoms with Crippen LogP contribution in [0.3, 0.4) is 0 Å². The number of nitrogens with one attached hydrogen (secondary N) is 1. The van der Waals surface area contributed by atoms with Gasteiger partial charge in [-0.1, -0.05) is 18.2 Å². The zero-order valence-electron chi connectivity index (χ0n) is 14.3. The van der Waals surface area contributed by atoms with Crippen LogP contribution >= 0.6 is 0 Å². The molecule has 3 rings (SSSR count). The lowest BCUT2D eigenvalue weighted by Crippen LogP contribution is -2.25. The van der Waals surface area contributed by atoms with Crippen molar-refractivity contribution in [3.63, 3.8) is 0 Å². The van der Waals surface area contributed by atoms with E-state index in [9.17, 15) is 8.42 Å². The number of imidazole rings is 1. The third-order valence-electron chi connectivity index (χ3n) is 3.82. The molecule has 0 bridgehead atoms. The third-order valence-corrected chi connectivity index (χ3v) is 5.30. The minimum absolute atomic E-state index is 0.286. The molecule has 26 heavy (non-hydrogen) atoms. The summed E-state index contributed by atoms with van der Waals surface area (Å²) in [4.78, 5) is 4.30. The molecule has 0 amide bonds. The SMILES string of the molecule is O=S(=O)(NCCCCOc1ccc(-n2ccnc2)cc1)c1ccccc1. The van der Waals surface area contributed by atoms with Crippen molar-refractivity contribution >= 4 is 10.0 Å². The van der Waals surface area contributed by atoms with E-state index in [0.717, 1.165) is 17.9 Å². The topological polar surface area (TPSA) is 73.2 Å². The Labute approximate surface area is 153 Å². The van der Waals surface area contributed by atoms with E-state index in [1.54, 1.807) is 42.9 Å². The zero-order valence-corrected chi connectivity index (χ0v) is 15.1. The predicted octanol–water partition coefficient (Wildman–Crippen LogP) is 3.01. The summed E-state index contributed by atoms with van der Waals surface area (Å²) in [7, 11) is -3.42. The van der Waals surface area contributed by atoms with Crippen LogP contribution in [0.4, 0.5) is 0 Å². The summed E-state index contributed by atoms with van der Waals surface area (Å²) in [6.45, 7) is 0.928. The second kappa shape index (κ2) is 8.64. The fourth-order valence-corrected chi connectivity index (χ4v) is 3.53. The maximum atomic E-state index is 12.1. The van der Waals surface area contributed by atoms with Gasteiger partial charge < -0.3 is 9.30 Å². The van der Waals surface area contributed by atoms with Crippen molar-refractivity contribution in [3.8, 4) is 11.4 Å². The van der Waals surface area contributed by atoms with Crippen LogP contribution in [0.1, 0.15) is 12.8 Å². The fraction of sp³-hybridized carbons (Fsp3) is 0.211. The Kier molecular flexibility index (Phi) is 6.04. The van der Waals surface area contributed by atoms with Crippen molar-refractivity contribution in [1.82, 2.24) is 14.3 Å². The standard InChI is InChI=1S/C19H21N3O3S/c23-26(24,19-6-2-1-3-7-19)21-12-4-5-15-25-18-10-8-17(9-11-18)22-14-13-20-16-22/h1-3,6-11,13-14,16,21H,4-5,12,15H2. The van der Waals surface area contributed by atoms with Crippen LogP contribution in [-0.4, -0.2) is 31.1 Å². The molecule has 0 saturated heterocycles. The molecule has 7 heteroatoms. The lowest BCUT2D eigenvalue weighted by atomic mass is 10.3. The normalized spacial score (nSPS) is 11.4. The zero-order chi connectivity index (χ0) is 18.2. The molecule has 0 saturated carbocycles. The molecular weight excluding hydrogens is 350 g/mol. The van der Waals surface area contributed by atoms with E-state index in [4.69, 9.17) is 4.74 Å². The fourth-order valence-electron chi connectivity index (χ4n) is 2.43. The Bertz CT molecular complexity index is 893. The molecule has 0 spiro atoms. The minimum Gasteiger partial charge on any atom is -0.494 e. The number of nitrogens with zero attached hydrogens (tertiary/aromatic N) is 2. The maximum Gasteiger partial charge on any atom is 0.240 e. The Morgan fingerprint density at radius 1 is 1.00 bits per heavy atom. The average Bonchev–Trinajstić information content (AvgIpc) is 3.20.